The topological polar surface area (TPSA) is 26.0 Å². The highest BCUT2D eigenvalue weighted by molar-refractivity contribution is 5.73. The second-order valence-electron chi connectivity index (χ2n) is 7.61. The highest BCUT2D eigenvalue weighted by atomic mass is 16.3. The summed E-state index contributed by atoms with van der Waals surface area (Å²) in [6.07, 6.45) is 2.44. The molecule has 1 heterocycles. The lowest BCUT2D eigenvalue weighted by Gasteiger charge is -2.11. The van der Waals surface area contributed by atoms with Gasteiger partial charge in [-0.3, -0.25) is 0 Å². The maximum atomic E-state index is 5.91. The van der Waals surface area contributed by atoms with Crippen molar-refractivity contribution in [2.24, 2.45) is 11.8 Å². The zero-order valence-corrected chi connectivity index (χ0v) is 14.7. The fourth-order valence-corrected chi connectivity index (χ4v) is 3.81. The molecule has 0 radical (unpaired) electrons. The van der Waals surface area contributed by atoms with E-state index in [1.54, 1.807) is 0 Å². The number of rotatable bonds is 5. The Balaban J connectivity index is 1.46. The number of nitrogens with zero attached hydrogens (tertiary/aromatic N) is 1. The molecule has 124 valence electrons. The zero-order valence-electron chi connectivity index (χ0n) is 14.7. The highest BCUT2D eigenvalue weighted by Crippen LogP contribution is 2.52. The molecule has 4 rings (SSSR count). The van der Waals surface area contributed by atoms with Crippen LogP contribution in [0.15, 0.2) is 52.9 Å². The zero-order chi connectivity index (χ0) is 16.7. The molecule has 2 heteroatoms. The smallest absolute Gasteiger partial charge is 0.198 e. The molecule has 0 bridgehead atoms. The minimum Gasteiger partial charge on any atom is -0.440 e. The van der Waals surface area contributed by atoms with E-state index >= 15 is 0 Å². The van der Waals surface area contributed by atoms with Crippen LogP contribution in [0.4, 0.5) is 0 Å². The van der Waals surface area contributed by atoms with Gasteiger partial charge in [-0.2, -0.15) is 0 Å². The first-order chi connectivity index (χ1) is 11.6. The highest BCUT2D eigenvalue weighted by Gasteiger charge is 2.41. The average Bonchev–Trinajstić information content (AvgIpc) is 3.27. The van der Waals surface area contributed by atoms with Gasteiger partial charge in [-0.1, -0.05) is 57.2 Å². The summed E-state index contributed by atoms with van der Waals surface area (Å²) in [5.41, 5.74) is 4.77. The third-order valence-corrected chi connectivity index (χ3v) is 5.32. The van der Waals surface area contributed by atoms with Crippen LogP contribution in [0.5, 0.6) is 0 Å². The fourth-order valence-electron chi connectivity index (χ4n) is 3.81. The number of benzene rings is 2. The lowest BCUT2D eigenvalue weighted by atomic mass is 9.94. The van der Waals surface area contributed by atoms with Crippen molar-refractivity contribution in [3.63, 3.8) is 0 Å². The van der Waals surface area contributed by atoms with Gasteiger partial charge in [-0.25, -0.2) is 4.98 Å². The van der Waals surface area contributed by atoms with Crippen molar-refractivity contribution < 1.29 is 4.42 Å². The molecule has 0 aliphatic heterocycles. The van der Waals surface area contributed by atoms with Gasteiger partial charge in [0.15, 0.2) is 11.5 Å². The number of fused-ring (bicyclic) bond motifs is 1. The van der Waals surface area contributed by atoms with E-state index in [0.29, 0.717) is 11.8 Å². The van der Waals surface area contributed by atoms with Crippen LogP contribution in [-0.4, -0.2) is 4.98 Å². The third-order valence-electron chi connectivity index (χ3n) is 5.32. The van der Waals surface area contributed by atoms with Crippen molar-refractivity contribution in [1.82, 2.24) is 4.98 Å². The summed E-state index contributed by atoms with van der Waals surface area (Å²) < 4.78 is 5.91. The SMILES string of the molecule is CC(C)c1nc2ccc(CC(C)C3CC3c3ccccc3)cc2o1. The van der Waals surface area contributed by atoms with Crippen LogP contribution >= 0.6 is 0 Å². The standard InChI is InChI=1S/C22H25NO/c1-14(2)22-23-20-10-9-16(12-21(20)24-22)11-15(3)18-13-19(18)17-7-5-4-6-8-17/h4-10,12,14-15,18-19H,11,13H2,1-3H3. The Kier molecular flexibility index (Phi) is 3.91. The predicted octanol–water partition coefficient (Wildman–Crippen LogP) is 5.93. The average molecular weight is 319 g/mol. The first kappa shape index (κ1) is 15.4. The van der Waals surface area contributed by atoms with Crippen LogP contribution in [0.2, 0.25) is 0 Å². The van der Waals surface area contributed by atoms with E-state index in [1.807, 2.05) is 0 Å². The Bertz CT molecular complexity index is 834. The van der Waals surface area contributed by atoms with Gasteiger partial charge < -0.3 is 4.42 Å². The molecule has 1 aliphatic carbocycles. The summed E-state index contributed by atoms with van der Waals surface area (Å²) in [4.78, 5) is 4.56. The molecule has 1 saturated carbocycles. The second kappa shape index (κ2) is 6.08. The Morgan fingerprint density at radius 2 is 1.88 bits per heavy atom. The maximum absolute atomic E-state index is 5.91. The molecule has 1 aliphatic rings. The van der Waals surface area contributed by atoms with Crippen molar-refractivity contribution in [2.75, 3.05) is 0 Å². The molecule has 0 N–H and O–H groups in total. The van der Waals surface area contributed by atoms with Gasteiger partial charge >= 0.3 is 0 Å². The summed E-state index contributed by atoms with van der Waals surface area (Å²) in [7, 11) is 0. The Morgan fingerprint density at radius 3 is 2.62 bits per heavy atom. The molecule has 0 spiro atoms. The monoisotopic (exact) mass is 319 g/mol. The van der Waals surface area contributed by atoms with Crippen LogP contribution in [-0.2, 0) is 6.42 Å². The predicted molar refractivity (Wildman–Crippen MR) is 98.3 cm³/mol. The molecule has 0 saturated heterocycles. The summed E-state index contributed by atoms with van der Waals surface area (Å²) >= 11 is 0. The van der Waals surface area contributed by atoms with Crippen molar-refractivity contribution in [2.45, 2.75) is 45.4 Å². The van der Waals surface area contributed by atoms with E-state index < -0.39 is 0 Å². The fraction of sp³-hybridized carbons (Fsp3) is 0.409. The van der Waals surface area contributed by atoms with Crippen LogP contribution in [0.25, 0.3) is 11.1 Å². The van der Waals surface area contributed by atoms with Crippen molar-refractivity contribution in [3.8, 4) is 0 Å². The van der Waals surface area contributed by atoms with Gasteiger partial charge in [0.05, 0.1) is 0 Å². The molecule has 24 heavy (non-hydrogen) atoms. The van der Waals surface area contributed by atoms with Gasteiger partial charge in [-0.15, -0.1) is 0 Å². The number of hydrogen-bond donors (Lipinski definition) is 0. The molecule has 3 aromatic rings. The van der Waals surface area contributed by atoms with E-state index in [2.05, 4.69) is 74.3 Å². The molecule has 2 aromatic carbocycles. The number of oxazole rings is 1. The number of hydrogen-bond acceptors (Lipinski definition) is 2. The van der Waals surface area contributed by atoms with Gasteiger partial charge in [0.25, 0.3) is 0 Å². The van der Waals surface area contributed by atoms with Crippen LogP contribution in [0.1, 0.15) is 56.0 Å². The van der Waals surface area contributed by atoms with Gasteiger partial charge in [0.2, 0.25) is 0 Å². The summed E-state index contributed by atoms with van der Waals surface area (Å²) in [5, 5.41) is 0. The van der Waals surface area contributed by atoms with Gasteiger partial charge in [0.1, 0.15) is 5.52 Å². The maximum Gasteiger partial charge on any atom is 0.198 e. The summed E-state index contributed by atoms with van der Waals surface area (Å²) in [6, 6.07) is 17.4. The van der Waals surface area contributed by atoms with Gasteiger partial charge in [0, 0.05) is 5.92 Å². The van der Waals surface area contributed by atoms with Crippen molar-refractivity contribution in [3.05, 3.63) is 65.5 Å². The third kappa shape index (κ3) is 2.98. The first-order valence-corrected chi connectivity index (χ1v) is 9.06. The van der Waals surface area contributed by atoms with E-state index in [9.17, 15) is 0 Å². The summed E-state index contributed by atoms with van der Waals surface area (Å²) in [6.45, 7) is 6.62. The molecular formula is C22H25NO. The molecule has 3 atom stereocenters. The second-order valence-corrected chi connectivity index (χ2v) is 7.61. The molecule has 1 aromatic heterocycles. The summed E-state index contributed by atoms with van der Waals surface area (Å²) in [5.74, 6) is 3.42. The van der Waals surface area contributed by atoms with Gasteiger partial charge in [-0.05, 0) is 53.9 Å². The van der Waals surface area contributed by atoms with Crippen LogP contribution in [0, 0.1) is 11.8 Å². The first-order valence-electron chi connectivity index (χ1n) is 9.06. The van der Waals surface area contributed by atoms with Crippen LogP contribution in [0.3, 0.4) is 0 Å². The van der Waals surface area contributed by atoms with E-state index in [0.717, 1.165) is 35.2 Å². The molecule has 2 nitrogen and oxygen atoms in total. The lowest BCUT2D eigenvalue weighted by molar-refractivity contribution is 0.491. The van der Waals surface area contributed by atoms with Crippen LogP contribution < -0.4 is 0 Å². The van der Waals surface area contributed by atoms with E-state index in [1.165, 1.54) is 17.5 Å². The molecular weight excluding hydrogens is 294 g/mol. The lowest BCUT2D eigenvalue weighted by Crippen LogP contribution is -2.03. The number of aromatic nitrogens is 1. The quantitative estimate of drug-likeness (QED) is 0.582. The minimum atomic E-state index is 0.331. The minimum absolute atomic E-state index is 0.331. The Morgan fingerprint density at radius 1 is 1.08 bits per heavy atom. The molecule has 3 unspecified atom stereocenters. The molecule has 0 amide bonds. The Hall–Kier alpha value is -2.09. The van der Waals surface area contributed by atoms with E-state index in [4.69, 9.17) is 4.42 Å². The van der Waals surface area contributed by atoms with Crippen molar-refractivity contribution in [1.29, 1.82) is 0 Å². The largest absolute Gasteiger partial charge is 0.440 e. The van der Waals surface area contributed by atoms with E-state index in [-0.39, 0.29) is 0 Å². The Labute approximate surface area is 143 Å². The molecule has 1 fully saturated rings. The van der Waals surface area contributed by atoms with Crippen molar-refractivity contribution >= 4 is 11.1 Å². The normalized spacial score (nSPS) is 21.3.